The molecule has 2 rings (SSSR count). The minimum Gasteiger partial charge on any atom is -0.393 e. The van der Waals surface area contributed by atoms with E-state index in [-0.39, 0.29) is 6.03 Å². The maximum atomic E-state index is 11.6. The molecule has 0 bridgehead atoms. The van der Waals surface area contributed by atoms with Crippen LogP contribution in [0.4, 0.5) is 10.5 Å². The molecule has 1 atom stereocenters. The minimum atomic E-state index is -0.419. The quantitative estimate of drug-likeness (QED) is 0.763. The lowest BCUT2D eigenvalue weighted by Crippen LogP contribution is -2.30. The minimum absolute atomic E-state index is 0.292. The van der Waals surface area contributed by atoms with Gasteiger partial charge in [0.25, 0.3) is 0 Å². The zero-order chi connectivity index (χ0) is 14.4. The number of aliphatic hydroxyl groups excluding tert-OH is 1. The van der Waals surface area contributed by atoms with Crippen LogP contribution in [0.1, 0.15) is 13.3 Å². The molecule has 7 nitrogen and oxygen atoms in total. The number of carbonyl (C=O) groups excluding carboxylic acids is 1. The molecule has 0 aliphatic rings. The highest BCUT2D eigenvalue weighted by molar-refractivity contribution is 5.89. The standard InChI is InChI=1S/C13H17N5O2/c1-10(19)6-7-14-13(20)16-11-2-4-12(5-3-11)18-9-8-15-17-18/h2-5,8-10,19H,6-7H2,1H3,(H2,14,16,20). The maximum Gasteiger partial charge on any atom is 0.319 e. The number of urea groups is 1. The Kier molecular flexibility index (Phi) is 4.67. The molecule has 1 aromatic carbocycles. The van der Waals surface area contributed by atoms with Crippen molar-refractivity contribution in [2.24, 2.45) is 0 Å². The summed E-state index contributed by atoms with van der Waals surface area (Å²) in [7, 11) is 0. The Hall–Kier alpha value is -2.41. The first-order valence-corrected chi connectivity index (χ1v) is 6.35. The summed E-state index contributed by atoms with van der Waals surface area (Å²) in [5, 5.41) is 22.1. The number of benzene rings is 1. The van der Waals surface area contributed by atoms with E-state index in [1.165, 1.54) is 0 Å². The normalized spacial score (nSPS) is 11.9. The van der Waals surface area contributed by atoms with Gasteiger partial charge in [-0.1, -0.05) is 5.21 Å². The van der Waals surface area contributed by atoms with Gasteiger partial charge in [-0.25, -0.2) is 9.48 Å². The smallest absolute Gasteiger partial charge is 0.319 e. The van der Waals surface area contributed by atoms with E-state index in [9.17, 15) is 4.79 Å². The van der Waals surface area contributed by atoms with Crippen molar-refractivity contribution in [3.63, 3.8) is 0 Å². The Bertz CT molecular complexity index is 536. The van der Waals surface area contributed by atoms with Crippen LogP contribution in [-0.4, -0.2) is 38.8 Å². The van der Waals surface area contributed by atoms with Crippen molar-refractivity contribution in [3.8, 4) is 5.69 Å². The fourth-order valence-electron chi connectivity index (χ4n) is 1.61. The number of hydrogen-bond acceptors (Lipinski definition) is 4. The predicted octanol–water partition coefficient (Wildman–Crippen LogP) is 1.16. The molecule has 0 saturated carbocycles. The zero-order valence-corrected chi connectivity index (χ0v) is 11.2. The molecule has 7 heteroatoms. The summed E-state index contributed by atoms with van der Waals surface area (Å²) in [6.07, 6.45) is 3.45. The van der Waals surface area contributed by atoms with Gasteiger partial charge < -0.3 is 15.7 Å². The van der Waals surface area contributed by atoms with Crippen LogP contribution in [0.25, 0.3) is 5.69 Å². The maximum absolute atomic E-state index is 11.6. The number of anilines is 1. The Morgan fingerprint density at radius 2 is 2.15 bits per heavy atom. The lowest BCUT2D eigenvalue weighted by molar-refractivity contribution is 0.184. The van der Waals surface area contributed by atoms with Crippen LogP contribution in [0.3, 0.4) is 0 Å². The Balaban J connectivity index is 1.86. The van der Waals surface area contributed by atoms with Crippen LogP contribution in [0.2, 0.25) is 0 Å². The van der Waals surface area contributed by atoms with Crippen molar-refractivity contribution in [1.82, 2.24) is 20.3 Å². The molecule has 20 heavy (non-hydrogen) atoms. The molecule has 1 heterocycles. The van der Waals surface area contributed by atoms with Gasteiger partial charge in [0.2, 0.25) is 0 Å². The average molecular weight is 275 g/mol. The van der Waals surface area contributed by atoms with Gasteiger partial charge in [0.1, 0.15) is 0 Å². The van der Waals surface area contributed by atoms with Gasteiger partial charge >= 0.3 is 6.03 Å². The highest BCUT2D eigenvalue weighted by Gasteiger charge is 2.03. The molecular formula is C13H17N5O2. The van der Waals surface area contributed by atoms with Crippen LogP contribution >= 0.6 is 0 Å². The summed E-state index contributed by atoms with van der Waals surface area (Å²) in [6.45, 7) is 2.11. The molecule has 0 spiro atoms. The van der Waals surface area contributed by atoms with E-state index in [4.69, 9.17) is 5.11 Å². The highest BCUT2D eigenvalue weighted by atomic mass is 16.3. The molecule has 0 aliphatic heterocycles. The van der Waals surface area contributed by atoms with Gasteiger partial charge in [-0.15, -0.1) is 5.10 Å². The van der Waals surface area contributed by atoms with Gasteiger partial charge in [0.15, 0.2) is 0 Å². The van der Waals surface area contributed by atoms with E-state index in [1.54, 1.807) is 36.1 Å². The van der Waals surface area contributed by atoms with E-state index in [0.29, 0.717) is 18.7 Å². The number of carbonyl (C=O) groups is 1. The van der Waals surface area contributed by atoms with Gasteiger partial charge in [0, 0.05) is 12.2 Å². The van der Waals surface area contributed by atoms with Crippen LogP contribution in [0, 0.1) is 0 Å². The molecule has 1 aromatic heterocycles. The van der Waals surface area contributed by atoms with Crippen LogP contribution in [0.5, 0.6) is 0 Å². The zero-order valence-electron chi connectivity index (χ0n) is 11.2. The predicted molar refractivity (Wildman–Crippen MR) is 74.7 cm³/mol. The van der Waals surface area contributed by atoms with Crippen LogP contribution < -0.4 is 10.6 Å². The van der Waals surface area contributed by atoms with E-state index in [1.807, 2.05) is 12.1 Å². The summed E-state index contributed by atoms with van der Waals surface area (Å²) in [5.41, 5.74) is 1.55. The number of aliphatic hydroxyl groups is 1. The largest absolute Gasteiger partial charge is 0.393 e. The van der Waals surface area contributed by atoms with Crippen LogP contribution in [0.15, 0.2) is 36.7 Å². The SMILES string of the molecule is CC(O)CCNC(=O)Nc1ccc(-n2ccnn2)cc1. The number of nitrogens with zero attached hydrogens (tertiary/aromatic N) is 3. The van der Waals surface area contributed by atoms with Gasteiger partial charge in [-0.2, -0.15) is 0 Å². The van der Waals surface area contributed by atoms with Crippen LogP contribution in [-0.2, 0) is 0 Å². The molecule has 0 radical (unpaired) electrons. The fraction of sp³-hybridized carbons (Fsp3) is 0.308. The summed E-state index contributed by atoms with van der Waals surface area (Å²) in [5.74, 6) is 0. The van der Waals surface area contributed by atoms with E-state index in [2.05, 4.69) is 20.9 Å². The summed E-state index contributed by atoms with van der Waals surface area (Å²) in [6, 6.07) is 6.94. The van der Waals surface area contributed by atoms with Gasteiger partial charge in [-0.3, -0.25) is 0 Å². The molecule has 2 amide bonds. The Labute approximate surface area is 116 Å². The van der Waals surface area contributed by atoms with Crippen molar-refractivity contribution in [3.05, 3.63) is 36.7 Å². The second kappa shape index (κ2) is 6.67. The molecule has 0 fully saturated rings. The van der Waals surface area contributed by atoms with E-state index in [0.717, 1.165) is 5.69 Å². The third kappa shape index (κ3) is 4.06. The fourth-order valence-corrected chi connectivity index (χ4v) is 1.61. The third-order valence-electron chi connectivity index (χ3n) is 2.66. The lowest BCUT2D eigenvalue weighted by atomic mass is 10.3. The second-order valence-electron chi connectivity index (χ2n) is 4.41. The molecule has 106 valence electrons. The monoisotopic (exact) mass is 275 g/mol. The molecule has 3 N–H and O–H groups in total. The van der Waals surface area contributed by atoms with Crippen molar-refractivity contribution in [1.29, 1.82) is 0 Å². The van der Waals surface area contributed by atoms with Gasteiger partial charge in [0.05, 0.1) is 24.2 Å². The van der Waals surface area contributed by atoms with Crippen molar-refractivity contribution >= 4 is 11.7 Å². The number of amides is 2. The average Bonchev–Trinajstić information content (AvgIpc) is 2.93. The number of rotatable bonds is 5. The second-order valence-corrected chi connectivity index (χ2v) is 4.41. The third-order valence-corrected chi connectivity index (χ3v) is 2.66. The lowest BCUT2D eigenvalue weighted by Gasteiger charge is -2.09. The number of aromatic nitrogens is 3. The first-order chi connectivity index (χ1) is 9.65. The first-order valence-electron chi connectivity index (χ1n) is 6.35. The van der Waals surface area contributed by atoms with E-state index < -0.39 is 6.10 Å². The Morgan fingerprint density at radius 3 is 2.75 bits per heavy atom. The van der Waals surface area contributed by atoms with Gasteiger partial charge in [-0.05, 0) is 37.6 Å². The van der Waals surface area contributed by atoms with Crippen molar-refractivity contribution in [2.45, 2.75) is 19.4 Å². The molecule has 0 saturated heterocycles. The molecule has 0 aliphatic carbocycles. The number of hydrogen-bond donors (Lipinski definition) is 3. The summed E-state index contributed by atoms with van der Waals surface area (Å²) in [4.78, 5) is 11.6. The molecule has 1 unspecified atom stereocenters. The topological polar surface area (TPSA) is 92.1 Å². The first kappa shape index (κ1) is 14.0. The van der Waals surface area contributed by atoms with Crippen molar-refractivity contribution in [2.75, 3.05) is 11.9 Å². The van der Waals surface area contributed by atoms with E-state index >= 15 is 0 Å². The number of nitrogens with one attached hydrogen (secondary N) is 2. The molecular weight excluding hydrogens is 258 g/mol. The summed E-state index contributed by atoms with van der Waals surface area (Å²) < 4.78 is 1.63. The van der Waals surface area contributed by atoms with Crippen molar-refractivity contribution < 1.29 is 9.90 Å². The Morgan fingerprint density at radius 1 is 1.40 bits per heavy atom. The highest BCUT2D eigenvalue weighted by Crippen LogP contribution is 2.11. The summed E-state index contributed by atoms with van der Waals surface area (Å²) >= 11 is 0. The molecule has 2 aromatic rings.